The Balaban J connectivity index is 1.94. The molecule has 134 valence electrons. The van der Waals surface area contributed by atoms with Crippen molar-refractivity contribution < 1.29 is 12.8 Å². The molecule has 0 spiro atoms. The minimum absolute atomic E-state index is 0.311. The van der Waals surface area contributed by atoms with Gasteiger partial charge in [-0.2, -0.15) is 4.31 Å². The van der Waals surface area contributed by atoms with E-state index < -0.39 is 10.0 Å². The highest BCUT2D eigenvalue weighted by atomic mass is 32.2. The van der Waals surface area contributed by atoms with Gasteiger partial charge in [0.25, 0.3) is 0 Å². The van der Waals surface area contributed by atoms with Crippen LogP contribution in [0.5, 0.6) is 0 Å². The van der Waals surface area contributed by atoms with Gasteiger partial charge in [0.1, 0.15) is 5.82 Å². The molecular weight excluding hydrogens is 339 g/mol. The van der Waals surface area contributed by atoms with E-state index in [1.54, 1.807) is 24.3 Å². The fraction of sp³-hybridized carbons (Fsp3) is 0.368. The first-order chi connectivity index (χ1) is 11.9. The Labute approximate surface area is 148 Å². The molecule has 0 aromatic heterocycles. The van der Waals surface area contributed by atoms with Gasteiger partial charge in [-0.1, -0.05) is 25.1 Å². The van der Waals surface area contributed by atoms with Crippen molar-refractivity contribution in [3.05, 3.63) is 65.0 Å². The van der Waals surface area contributed by atoms with Crippen molar-refractivity contribution in [3.63, 3.8) is 0 Å². The molecule has 1 N–H and O–H groups in total. The SMILES string of the molecule is CCN(C(C)c1ccc(F)cc1)S(=O)(=O)c1ccc2c(c1)CNCC2. The lowest BCUT2D eigenvalue weighted by Gasteiger charge is -2.28. The van der Waals surface area contributed by atoms with Gasteiger partial charge in [0.05, 0.1) is 4.90 Å². The van der Waals surface area contributed by atoms with Crippen LogP contribution >= 0.6 is 0 Å². The van der Waals surface area contributed by atoms with Gasteiger partial charge in [0.15, 0.2) is 0 Å². The molecule has 0 saturated heterocycles. The zero-order valence-corrected chi connectivity index (χ0v) is 15.3. The molecule has 25 heavy (non-hydrogen) atoms. The van der Waals surface area contributed by atoms with E-state index in [4.69, 9.17) is 0 Å². The first-order valence-electron chi connectivity index (χ1n) is 8.53. The van der Waals surface area contributed by atoms with Crippen molar-refractivity contribution in [3.8, 4) is 0 Å². The zero-order chi connectivity index (χ0) is 18.0. The molecule has 1 aliphatic rings. The molecule has 2 aromatic carbocycles. The number of benzene rings is 2. The monoisotopic (exact) mass is 362 g/mol. The van der Waals surface area contributed by atoms with Gasteiger partial charge in [-0.15, -0.1) is 0 Å². The maximum atomic E-state index is 13.2. The second-order valence-electron chi connectivity index (χ2n) is 6.29. The normalized spacial score (nSPS) is 15.8. The second-order valence-corrected chi connectivity index (χ2v) is 8.18. The lowest BCUT2D eigenvalue weighted by atomic mass is 10.0. The summed E-state index contributed by atoms with van der Waals surface area (Å²) in [6.45, 7) is 5.60. The molecule has 6 heteroatoms. The summed E-state index contributed by atoms with van der Waals surface area (Å²) in [6, 6.07) is 11.0. The third kappa shape index (κ3) is 3.61. The fourth-order valence-corrected chi connectivity index (χ4v) is 4.99. The van der Waals surface area contributed by atoms with E-state index in [9.17, 15) is 12.8 Å². The molecule has 0 fully saturated rings. The molecule has 1 aliphatic heterocycles. The summed E-state index contributed by atoms with van der Waals surface area (Å²) >= 11 is 0. The first kappa shape index (κ1) is 18.0. The van der Waals surface area contributed by atoms with E-state index in [0.29, 0.717) is 18.0 Å². The van der Waals surface area contributed by atoms with Crippen LogP contribution in [-0.4, -0.2) is 25.8 Å². The number of halogens is 1. The van der Waals surface area contributed by atoms with Gasteiger partial charge in [-0.05, 0) is 60.8 Å². The van der Waals surface area contributed by atoms with E-state index in [1.165, 1.54) is 22.0 Å². The van der Waals surface area contributed by atoms with Crippen molar-refractivity contribution in [1.29, 1.82) is 0 Å². The van der Waals surface area contributed by atoms with Crippen LogP contribution in [0.1, 0.15) is 36.6 Å². The van der Waals surface area contributed by atoms with Crippen LogP contribution in [0.25, 0.3) is 0 Å². The largest absolute Gasteiger partial charge is 0.312 e. The summed E-state index contributed by atoms with van der Waals surface area (Å²) in [5, 5.41) is 3.27. The summed E-state index contributed by atoms with van der Waals surface area (Å²) in [7, 11) is -3.63. The average Bonchev–Trinajstić information content (AvgIpc) is 2.62. The molecule has 0 aliphatic carbocycles. The van der Waals surface area contributed by atoms with Crippen LogP contribution in [0.4, 0.5) is 4.39 Å². The van der Waals surface area contributed by atoms with Crippen molar-refractivity contribution in [2.75, 3.05) is 13.1 Å². The Morgan fingerprint density at radius 2 is 1.88 bits per heavy atom. The van der Waals surface area contributed by atoms with E-state index in [2.05, 4.69) is 5.32 Å². The van der Waals surface area contributed by atoms with Crippen molar-refractivity contribution in [2.45, 2.75) is 37.8 Å². The maximum absolute atomic E-state index is 13.2. The summed E-state index contributed by atoms with van der Waals surface area (Å²) in [6.07, 6.45) is 0.916. The van der Waals surface area contributed by atoms with Crippen molar-refractivity contribution >= 4 is 10.0 Å². The van der Waals surface area contributed by atoms with Crippen LogP contribution in [0.3, 0.4) is 0 Å². The predicted molar refractivity (Wildman–Crippen MR) is 96.2 cm³/mol. The minimum Gasteiger partial charge on any atom is -0.312 e. The third-order valence-electron chi connectivity index (χ3n) is 4.77. The molecule has 0 amide bonds. The topological polar surface area (TPSA) is 49.4 Å². The van der Waals surface area contributed by atoms with Crippen LogP contribution in [-0.2, 0) is 23.0 Å². The number of fused-ring (bicyclic) bond motifs is 1. The number of nitrogens with one attached hydrogen (secondary N) is 1. The summed E-state index contributed by atoms with van der Waals surface area (Å²) < 4.78 is 40.9. The molecule has 1 unspecified atom stereocenters. The summed E-state index contributed by atoms with van der Waals surface area (Å²) in [4.78, 5) is 0.311. The van der Waals surface area contributed by atoms with E-state index in [-0.39, 0.29) is 11.9 Å². The van der Waals surface area contributed by atoms with Crippen LogP contribution < -0.4 is 5.32 Å². The number of sulfonamides is 1. The average molecular weight is 362 g/mol. The standard InChI is InChI=1S/C19H23FN2O2S/c1-3-22(14(2)15-4-7-18(20)8-5-15)25(23,24)19-9-6-16-10-11-21-13-17(16)12-19/h4-9,12,14,21H,3,10-11,13H2,1-2H3. The molecule has 4 nitrogen and oxygen atoms in total. The highest BCUT2D eigenvalue weighted by Gasteiger charge is 2.29. The molecule has 0 radical (unpaired) electrons. The molecule has 0 bridgehead atoms. The van der Waals surface area contributed by atoms with Gasteiger partial charge < -0.3 is 5.32 Å². The Morgan fingerprint density at radius 3 is 2.56 bits per heavy atom. The highest BCUT2D eigenvalue weighted by Crippen LogP contribution is 2.29. The number of rotatable bonds is 5. The summed E-state index contributed by atoms with van der Waals surface area (Å²) in [5.41, 5.74) is 3.01. The smallest absolute Gasteiger partial charge is 0.243 e. The van der Waals surface area contributed by atoms with Gasteiger partial charge in [-0.25, -0.2) is 12.8 Å². The fourth-order valence-electron chi connectivity index (χ4n) is 3.31. The van der Waals surface area contributed by atoms with Gasteiger partial charge in [-0.3, -0.25) is 0 Å². The molecule has 0 saturated carbocycles. The Hall–Kier alpha value is -1.76. The van der Waals surface area contributed by atoms with E-state index in [1.807, 2.05) is 19.9 Å². The molecule has 2 aromatic rings. The van der Waals surface area contributed by atoms with E-state index >= 15 is 0 Å². The van der Waals surface area contributed by atoms with Crippen LogP contribution in [0.15, 0.2) is 47.4 Å². The van der Waals surface area contributed by atoms with Gasteiger partial charge >= 0.3 is 0 Å². The molecule has 1 heterocycles. The Kier molecular flexibility index (Phi) is 5.22. The first-order valence-corrected chi connectivity index (χ1v) is 9.97. The lowest BCUT2D eigenvalue weighted by molar-refractivity contribution is 0.357. The lowest BCUT2D eigenvalue weighted by Crippen LogP contribution is -2.34. The Morgan fingerprint density at radius 1 is 1.16 bits per heavy atom. The quantitative estimate of drug-likeness (QED) is 0.888. The summed E-state index contributed by atoms with van der Waals surface area (Å²) in [5.74, 6) is -0.330. The van der Waals surface area contributed by atoms with Gasteiger partial charge in [0, 0.05) is 19.1 Å². The molecular formula is C19H23FN2O2S. The highest BCUT2D eigenvalue weighted by molar-refractivity contribution is 7.89. The predicted octanol–water partition coefficient (Wildman–Crippen LogP) is 3.24. The third-order valence-corrected chi connectivity index (χ3v) is 6.81. The molecule has 3 rings (SSSR count). The zero-order valence-electron chi connectivity index (χ0n) is 14.5. The minimum atomic E-state index is -3.63. The van der Waals surface area contributed by atoms with Crippen molar-refractivity contribution in [1.82, 2.24) is 9.62 Å². The Bertz CT molecular complexity index is 850. The molecule has 1 atom stereocenters. The van der Waals surface area contributed by atoms with Gasteiger partial charge in [0.2, 0.25) is 10.0 Å². The van der Waals surface area contributed by atoms with Crippen LogP contribution in [0.2, 0.25) is 0 Å². The van der Waals surface area contributed by atoms with Crippen LogP contribution in [0, 0.1) is 5.82 Å². The maximum Gasteiger partial charge on any atom is 0.243 e. The second kappa shape index (κ2) is 7.23. The van der Waals surface area contributed by atoms with E-state index in [0.717, 1.165) is 24.1 Å². The number of nitrogens with zero attached hydrogens (tertiary/aromatic N) is 1. The van der Waals surface area contributed by atoms with Crippen molar-refractivity contribution in [2.24, 2.45) is 0 Å². The number of hydrogen-bond donors (Lipinski definition) is 1. The number of hydrogen-bond acceptors (Lipinski definition) is 3.